The van der Waals surface area contributed by atoms with Gasteiger partial charge >= 0.3 is 0 Å². The molecular weight excluding hydrogens is 210 g/mol. The van der Waals surface area contributed by atoms with E-state index in [0.717, 1.165) is 5.82 Å². The molecule has 0 amide bonds. The lowest BCUT2D eigenvalue weighted by Gasteiger charge is -2.32. The molecule has 0 radical (unpaired) electrons. The highest BCUT2D eigenvalue weighted by Gasteiger charge is 2.33. The van der Waals surface area contributed by atoms with Crippen LogP contribution in [0.3, 0.4) is 0 Å². The molecule has 1 fully saturated rings. The van der Waals surface area contributed by atoms with Crippen LogP contribution in [0, 0.1) is 17.2 Å². The zero-order valence-corrected chi connectivity index (χ0v) is 10.7. The summed E-state index contributed by atoms with van der Waals surface area (Å²) in [7, 11) is 0. The molecule has 17 heavy (non-hydrogen) atoms. The molecule has 2 rings (SSSR count). The summed E-state index contributed by atoms with van der Waals surface area (Å²) in [6.45, 7) is 6.78. The summed E-state index contributed by atoms with van der Waals surface area (Å²) in [6.07, 6.45) is 4.13. The number of hydrogen-bond donors (Lipinski definition) is 0. The fourth-order valence-corrected chi connectivity index (χ4v) is 2.67. The maximum atomic E-state index is 8.78. The van der Waals surface area contributed by atoms with Crippen molar-refractivity contribution in [3.8, 4) is 6.07 Å². The van der Waals surface area contributed by atoms with Crippen molar-refractivity contribution in [1.29, 1.82) is 5.26 Å². The van der Waals surface area contributed by atoms with Gasteiger partial charge in [0.15, 0.2) is 0 Å². The van der Waals surface area contributed by atoms with Crippen LogP contribution in [0.25, 0.3) is 0 Å². The highest BCUT2D eigenvalue weighted by atomic mass is 15.3. The topological polar surface area (TPSA) is 39.9 Å². The van der Waals surface area contributed by atoms with E-state index in [2.05, 4.69) is 36.7 Å². The summed E-state index contributed by atoms with van der Waals surface area (Å²) in [5.74, 6) is 1.64. The molecule has 1 aliphatic rings. The number of nitriles is 1. The molecule has 2 heterocycles. The third-order valence-corrected chi connectivity index (χ3v) is 3.62. The molecule has 1 saturated heterocycles. The van der Waals surface area contributed by atoms with Crippen LogP contribution < -0.4 is 4.90 Å². The van der Waals surface area contributed by atoms with Gasteiger partial charge in [0.05, 0.1) is 5.56 Å². The molecule has 90 valence electrons. The van der Waals surface area contributed by atoms with E-state index in [1.807, 2.05) is 12.1 Å². The Morgan fingerprint density at radius 2 is 2.18 bits per heavy atom. The summed E-state index contributed by atoms with van der Waals surface area (Å²) >= 11 is 0. The molecule has 3 heteroatoms. The molecule has 0 saturated carbocycles. The Balaban J connectivity index is 2.27. The van der Waals surface area contributed by atoms with Crippen LogP contribution in [-0.4, -0.2) is 17.1 Å². The van der Waals surface area contributed by atoms with Crippen LogP contribution in [0.15, 0.2) is 18.3 Å². The van der Waals surface area contributed by atoms with Crippen molar-refractivity contribution in [3.63, 3.8) is 0 Å². The molecular formula is C14H19N3. The van der Waals surface area contributed by atoms with Crippen LogP contribution in [0.4, 0.5) is 5.82 Å². The predicted molar refractivity (Wildman–Crippen MR) is 68.8 cm³/mol. The molecule has 1 aromatic rings. The van der Waals surface area contributed by atoms with Crippen molar-refractivity contribution in [3.05, 3.63) is 23.9 Å². The Morgan fingerprint density at radius 3 is 2.71 bits per heavy atom. The molecule has 0 N–H and O–H groups in total. The molecule has 3 nitrogen and oxygen atoms in total. The van der Waals surface area contributed by atoms with Gasteiger partial charge in [-0.1, -0.05) is 13.8 Å². The standard InChI is InChI=1S/C14H19N3/c1-10(2)13-6-4-11(3)17(13)14-7-5-12(8-15)9-16-14/h5,7,9-11,13H,4,6H2,1-3H3. The second kappa shape index (κ2) is 4.75. The largest absolute Gasteiger partial charge is 0.351 e. The average Bonchev–Trinajstić information content (AvgIpc) is 2.71. The number of aromatic nitrogens is 1. The lowest BCUT2D eigenvalue weighted by Crippen LogP contribution is -2.38. The number of nitrogens with zero attached hydrogens (tertiary/aromatic N) is 3. The third-order valence-electron chi connectivity index (χ3n) is 3.62. The number of anilines is 1. The second-order valence-electron chi connectivity index (χ2n) is 5.16. The molecule has 0 spiro atoms. The van der Waals surface area contributed by atoms with E-state index in [1.54, 1.807) is 6.20 Å². The van der Waals surface area contributed by atoms with E-state index in [1.165, 1.54) is 12.8 Å². The van der Waals surface area contributed by atoms with Crippen molar-refractivity contribution in [1.82, 2.24) is 4.98 Å². The Kier molecular flexibility index (Phi) is 3.33. The number of pyridine rings is 1. The maximum absolute atomic E-state index is 8.78. The lowest BCUT2D eigenvalue weighted by molar-refractivity contribution is 0.482. The monoisotopic (exact) mass is 229 g/mol. The van der Waals surface area contributed by atoms with Crippen molar-refractivity contribution in [2.45, 2.75) is 45.7 Å². The Hall–Kier alpha value is -1.56. The third kappa shape index (κ3) is 2.26. The lowest BCUT2D eigenvalue weighted by atomic mass is 10.0. The highest BCUT2D eigenvalue weighted by Crippen LogP contribution is 2.32. The van der Waals surface area contributed by atoms with E-state index < -0.39 is 0 Å². The SMILES string of the molecule is CC(C)C1CCC(C)N1c1ccc(C#N)cn1. The summed E-state index contributed by atoms with van der Waals surface area (Å²) in [6, 6.07) is 7.05. The van der Waals surface area contributed by atoms with E-state index in [0.29, 0.717) is 23.6 Å². The zero-order chi connectivity index (χ0) is 12.4. The van der Waals surface area contributed by atoms with Crippen molar-refractivity contribution in [2.75, 3.05) is 4.90 Å². The molecule has 0 bridgehead atoms. The van der Waals surface area contributed by atoms with Gasteiger partial charge in [0, 0.05) is 18.3 Å². The van der Waals surface area contributed by atoms with E-state index in [9.17, 15) is 0 Å². The quantitative estimate of drug-likeness (QED) is 0.782. The van der Waals surface area contributed by atoms with Crippen molar-refractivity contribution in [2.24, 2.45) is 5.92 Å². The summed E-state index contributed by atoms with van der Waals surface area (Å²) in [4.78, 5) is 6.83. The van der Waals surface area contributed by atoms with Gasteiger partial charge in [-0.3, -0.25) is 0 Å². The minimum atomic E-state index is 0.544. The summed E-state index contributed by atoms with van der Waals surface area (Å²) < 4.78 is 0. The molecule has 0 aromatic carbocycles. The first kappa shape index (κ1) is 11.9. The van der Waals surface area contributed by atoms with Gasteiger partial charge in [0.2, 0.25) is 0 Å². The zero-order valence-electron chi connectivity index (χ0n) is 10.7. The molecule has 1 aromatic heterocycles. The predicted octanol–water partition coefficient (Wildman–Crippen LogP) is 2.97. The van der Waals surface area contributed by atoms with Crippen LogP contribution in [0.2, 0.25) is 0 Å². The highest BCUT2D eigenvalue weighted by molar-refractivity contribution is 5.45. The summed E-state index contributed by atoms with van der Waals surface area (Å²) in [5.41, 5.74) is 0.627. The van der Waals surface area contributed by atoms with Gasteiger partial charge in [0.1, 0.15) is 11.9 Å². The van der Waals surface area contributed by atoms with Crippen molar-refractivity contribution >= 4 is 5.82 Å². The summed E-state index contributed by atoms with van der Waals surface area (Å²) in [5, 5.41) is 8.78. The van der Waals surface area contributed by atoms with Gasteiger partial charge in [-0.05, 0) is 37.8 Å². The molecule has 1 aliphatic heterocycles. The fourth-order valence-electron chi connectivity index (χ4n) is 2.67. The van der Waals surface area contributed by atoms with Gasteiger partial charge < -0.3 is 4.90 Å². The first-order valence-electron chi connectivity index (χ1n) is 6.28. The minimum Gasteiger partial charge on any atom is -0.351 e. The first-order valence-corrected chi connectivity index (χ1v) is 6.28. The van der Waals surface area contributed by atoms with Crippen LogP contribution >= 0.6 is 0 Å². The molecule has 0 aliphatic carbocycles. The van der Waals surface area contributed by atoms with Gasteiger partial charge in [-0.2, -0.15) is 5.26 Å². The van der Waals surface area contributed by atoms with E-state index in [4.69, 9.17) is 5.26 Å². The van der Waals surface area contributed by atoms with E-state index >= 15 is 0 Å². The minimum absolute atomic E-state index is 0.544. The second-order valence-corrected chi connectivity index (χ2v) is 5.16. The Labute approximate surface area is 103 Å². The maximum Gasteiger partial charge on any atom is 0.129 e. The van der Waals surface area contributed by atoms with Crippen LogP contribution in [0.1, 0.15) is 39.2 Å². The van der Waals surface area contributed by atoms with Gasteiger partial charge in [0.25, 0.3) is 0 Å². The van der Waals surface area contributed by atoms with Gasteiger partial charge in [-0.15, -0.1) is 0 Å². The van der Waals surface area contributed by atoms with E-state index in [-0.39, 0.29) is 0 Å². The van der Waals surface area contributed by atoms with Gasteiger partial charge in [-0.25, -0.2) is 4.98 Å². The Morgan fingerprint density at radius 1 is 1.41 bits per heavy atom. The van der Waals surface area contributed by atoms with Crippen LogP contribution in [0.5, 0.6) is 0 Å². The fraction of sp³-hybridized carbons (Fsp3) is 0.571. The molecule has 2 unspecified atom stereocenters. The number of hydrogen-bond acceptors (Lipinski definition) is 3. The average molecular weight is 229 g/mol. The smallest absolute Gasteiger partial charge is 0.129 e. The van der Waals surface area contributed by atoms with Crippen molar-refractivity contribution < 1.29 is 0 Å². The molecule has 2 atom stereocenters. The normalized spacial score (nSPS) is 24.1. The number of rotatable bonds is 2. The first-order chi connectivity index (χ1) is 8.13. The Bertz CT molecular complexity index is 416. The van der Waals surface area contributed by atoms with Crippen LogP contribution in [-0.2, 0) is 0 Å².